The van der Waals surface area contributed by atoms with Gasteiger partial charge in [-0.2, -0.15) is 18.4 Å². The first-order chi connectivity index (χ1) is 8.34. The second-order valence-electron chi connectivity index (χ2n) is 3.12. The van der Waals surface area contributed by atoms with E-state index in [4.69, 9.17) is 5.26 Å². The predicted octanol–water partition coefficient (Wildman–Crippen LogP) is 2.17. The molecule has 0 radical (unpaired) electrons. The van der Waals surface area contributed by atoms with Crippen molar-refractivity contribution < 1.29 is 22.2 Å². The molecule has 96 valence electrons. The average molecular weight is 276 g/mol. The molecule has 0 spiro atoms. The number of carbonyl (C=O) groups excluding carboxylic acids is 1. The van der Waals surface area contributed by atoms with E-state index in [0.717, 1.165) is 12.1 Å². The molecule has 1 amide bonds. The summed E-state index contributed by atoms with van der Waals surface area (Å²) in [6, 6.07) is 6.02. The number of carbonyl (C=O) groups is 1. The van der Waals surface area contributed by atoms with Gasteiger partial charge in [0, 0.05) is 10.6 Å². The zero-order valence-electron chi connectivity index (χ0n) is 8.82. The van der Waals surface area contributed by atoms with Crippen LogP contribution in [-0.2, 0) is 15.6 Å². The third-order valence-corrected chi connectivity index (χ3v) is 2.92. The minimum absolute atomic E-state index is 0.234. The molecule has 4 nitrogen and oxygen atoms in total. The summed E-state index contributed by atoms with van der Waals surface area (Å²) in [7, 11) is -3.09. The number of rotatable bonds is 3. The van der Waals surface area contributed by atoms with Gasteiger partial charge in [0.15, 0.2) is 10.8 Å². The number of nitrogens with zero attached hydrogens (tertiary/aromatic N) is 1. The van der Waals surface area contributed by atoms with Crippen molar-refractivity contribution in [3.63, 3.8) is 0 Å². The van der Waals surface area contributed by atoms with Crippen LogP contribution < -0.4 is 5.32 Å². The third kappa shape index (κ3) is 3.85. The maximum absolute atomic E-state index is 12.1. The SMILES string of the molecule is N#CCC(=O)Nc1ccc(S(=O)C(F)(F)F)cc1. The Bertz CT molecular complexity index is 505. The first-order valence-corrected chi connectivity index (χ1v) is 5.75. The Labute approximate surface area is 103 Å². The molecule has 0 aliphatic carbocycles. The Hall–Kier alpha value is -1.88. The van der Waals surface area contributed by atoms with Crippen LogP contribution in [0.3, 0.4) is 0 Å². The van der Waals surface area contributed by atoms with Crippen molar-refractivity contribution in [1.82, 2.24) is 0 Å². The van der Waals surface area contributed by atoms with Crippen molar-refractivity contribution >= 4 is 22.4 Å². The smallest absolute Gasteiger partial charge is 0.325 e. The zero-order valence-corrected chi connectivity index (χ0v) is 9.64. The summed E-state index contributed by atoms with van der Waals surface area (Å²) in [5, 5.41) is 10.6. The van der Waals surface area contributed by atoms with Gasteiger partial charge in [0.25, 0.3) is 0 Å². The van der Waals surface area contributed by atoms with Crippen LogP contribution in [0.5, 0.6) is 0 Å². The molecular formula is C10H7F3N2O2S. The van der Waals surface area contributed by atoms with Gasteiger partial charge in [0.2, 0.25) is 5.91 Å². The Balaban J connectivity index is 2.78. The van der Waals surface area contributed by atoms with Crippen LogP contribution in [0.15, 0.2) is 29.2 Å². The van der Waals surface area contributed by atoms with E-state index in [1.165, 1.54) is 12.1 Å². The molecule has 1 aromatic carbocycles. The minimum atomic E-state index is -4.81. The number of benzene rings is 1. The molecule has 1 rings (SSSR count). The Kier molecular flexibility index (Phi) is 4.44. The molecule has 0 saturated carbocycles. The normalized spacial score (nSPS) is 12.6. The van der Waals surface area contributed by atoms with Gasteiger partial charge in [0.05, 0.1) is 6.07 Å². The number of halogens is 3. The Morgan fingerprint density at radius 2 is 1.89 bits per heavy atom. The lowest BCUT2D eigenvalue weighted by atomic mass is 10.3. The molecule has 0 aliphatic rings. The average Bonchev–Trinajstić information content (AvgIpc) is 2.28. The summed E-state index contributed by atoms with van der Waals surface area (Å²) in [4.78, 5) is 10.6. The van der Waals surface area contributed by atoms with Crippen LogP contribution in [0.2, 0.25) is 0 Å². The number of alkyl halides is 3. The fourth-order valence-corrected chi connectivity index (χ4v) is 1.72. The first kappa shape index (κ1) is 14.2. The van der Waals surface area contributed by atoms with Gasteiger partial charge in [0.1, 0.15) is 6.42 Å². The van der Waals surface area contributed by atoms with Crippen molar-refractivity contribution in [2.75, 3.05) is 5.32 Å². The quantitative estimate of drug-likeness (QED) is 0.919. The van der Waals surface area contributed by atoms with E-state index in [0.29, 0.717) is 0 Å². The molecule has 8 heteroatoms. The standard InChI is InChI=1S/C10H7F3N2O2S/c11-10(12,13)18(17)8-3-1-7(2-4-8)15-9(16)5-6-14/h1-4H,5H2,(H,15,16). The predicted molar refractivity (Wildman–Crippen MR) is 57.8 cm³/mol. The van der Waals surface area contributed by atoms with E-state index in [1.807, 2.05) is 0 Å². The number of anilines is 1. The van der Waals surface area contributed by atoms with Crippen LogP contribution >= 0.6 is 0 Å². The van der Waals surface area contributed by atoms with Gasteiger partial charge in [-0.15, -0.1) is 0 Å². The largest absolute Gasteiger partial charge is 0.475 e. The zero-order chi connectivity index (χ0) is 13.8. The van der Waals surface area contributed by atoms with E-state index in [1.54, 1.807) is 6.07 Å². The van der Waals surface area contributed by atoms with E-state index in [9.17, 15) is 22.2 Å². The molecular weight excluding hydrogens is 269 g/mol. The molecule has 1 unspecified atom stereocenters. The monoisotopic (exact) mass is 276 g/mol. The lowest BCUT2D eigenvalue weighted by Crippen LogP contribution is -2.16. The van der Waals surface area contributed by atoms with Crippen LogP contribution in [0.25, 0.3) is 0 Å². The molecule has 0 bridgehead atoms. The molecule has 1 atom stereocenters. The van der Waals surface area contributed by atoms with Crippen molar-refractivity contribution in [2.24, 2.45) is 0 Å². The van der Waals surface area contributed by atoms with Gasteiger partial charge in [-0.1, -0.05) is 0 Å². The highest BCUT2D eigenvalue weighted by Gasteiger charge is 2.37. The summed E-state index contributed by atoms with van der Waals surface area (Å²) >= 11 is 0. The summed E-state index contributed by atoms with van der Waals surface area (Å²) in [6.07, 6.45) is -0.351. The summed E-state index contributed by atoms with van der Waals surface area (Å²) in [5.74, 6) is -0.567. The molecule has 0 fully saturated rings. The van der Waals surface area contributed by atoms with Crippen LogP contribution in [0.1, 0.15) is 6.42 Å². The highest BCUT2D eigenvalue weighted by Crippen LogP contribution is 2.26. The Morgan fingerprint density at radius 3 is 2.33 bits per heavy atom. The van der Waals surface area contributed by atoms with E-state index < -0.39 is 27.1 Å². The molecule has 18 heavy (non-hydrogen) atoms. The highest BCUT2D eigenvalue weighted by molar-refractivity contribution is 7.86. The maximum atomic E-state index is 12.1. The lowest BCUT2D eigenvalue weighted by molar-refractivity contribution is -0.115. The molecule has 1 aromatic rings. The second-order valence-corrected chi connectivity index (χ2v) is 4.59. The summed E-state index contributed by atoms with van der Waals surface area (Å²) in [6.45, 7) is 0. The van der Waals surface area contributed by atoms with E-state index in [-0.39, 0.29) is 12.1 Å². The van der Waals surface area contributed by atoms with E-state index in [2.05, 4.69) is 5.32 Å². The third-order valence-electron chi connectivity index (χ3n) is 1.80. The van der Waals surface area contributed by atoms with E-state index >= 15 is 0 Å². The molecule has 0 saturated heterocycles. The number of amides is 1. The fourth-order valence-electron chi connectivity index (χ4n) is 1.07. The number of hydrogen-bond acceptors (Lipinski definition) is 3. The van der Waals surface area contributed by atoms with Crippen LogP contribution in [0, 0.1) is 11.3 Å². The van der Waals surface area contributed by atoms with Gasteiger partial charge in [-0.3, -0.25) is 4.79 Å². The molecule has 0 aromatic heterocycles. The van der Waals surface area contributed by atoms with Gasteiger partial charge < -0.3 is 5.32 Å². The fraction of sp³-hybridized carbons (Fsp3) is 0.200. The number of nitriles is 1. The molecule has 0 aliphatic heterocycles. The van der Waals surface area contributed by atoms with Gasteiger partial charge in [-0.25, -0.2) is 4.21 Å². The topological polar surface area (TPSA) is 70.0 Å². The first-order valence-electron chi connectivity index (χ1n) is 4.60. The van der Waals surface area contributed by atoms with Crippen molar-refractivity contribution in [3.05, 3.63) is 24.3 Å². The molecule has 0 heterocycles. The minimum Gasteiger partial charge on any atom is -0.325 e. The number of hydrogen-bond donors (Lipinski definition) is 1. The molecule has 1 N–H and O–H groups in total. The Morgan fingerprint density at radius 1 is 1.33 bits per heavy atom. The van der Waals surface area contributed by atoms with Crippen molar-refractivity contribution in [2.45, 2.75) is 16.8 Å². The van der Waals surface area contributed by atoms with Crippen molar-refractivity contribution in [1.29, 1.82) is 5.26 Å². The summed E-state index contributed by atoms with van der Waals surface area (Å²) < 4.78 is 47.4. The highest BCUT2D eigenvalue weighted by atomic mass is 32.2. The lowest BCUT2D eigenvalue weighted by Gasteiger charge is -2.07. The second kappa shape index (κ2) is 5.64. The van der Waals surface area contributed by atoms with Gasteiger partial charge in [-0.05, 0) is 24.3 Å². The van der Waals surface area contributed by atoms with Gasteiger partial charge >= 0.3 is 5.51 Å². The van der Waals surface area contributed by atoms with Crippen molar-refractivity contribution in [3.8, 4) is 6.07 Å². The summed E-state index contributed by atoms with van der Waals surface area (Å²) in [5.41, 5.74) is -4.58. The van der Waals surface area contributed by atoms with Crippen LogP contribution in [-0.4, -0.2) is 15.6 Å². The maximum Gasteiger partial charge on any atom is 0.475 e. The number of nitrogens with one attached hydrogen (secondary N) is 1. The van der Waals surface area contributed by atoms with Crippen LogP contribution in [0.4, 0.5) is 18.9 Å².